The number of thiophene rings is 1. The van der Waals surface area contributed by atoms with Crippen molar-refractivity contribution >= 4 is 33.2 Å². The fourth-order valence-electron chi connectivity index (χ4n) is 2.23. The Kier molecular flexibility index (Phi) is 4.22. The molecule has 1 saturated heterocycles. The summed E-state index contributed by atoms with van der Waals surface area (Å²) in [6, 6.07) is 2.06. The Morgan fingerprint density at radius 3 is 3.06 bits per heavy atom. The topological polar surface area (TPSA) is 46.3 Å². The first kappa shape index (κ1) is 13.1. The average Bonchev–Trinajstić information content (AvgIpc) is 2.75. The molecule has 1 aliphatic heterocycles. The monoisotopic (exact) mass is 316 g/mol. The maximum Gasteiger partial charge on any atom is 0.254 e. The van der Waals surface area contributed by atoms with Crippen LogP contribution in [0.4, 0.5) is 0 Å². The number of likely N-dealkylation sites (tertiary alicyclic amines) is 1. The second-order valence-corrected chi connectivity index (χ2v) is 6.94. The Hall–Kier alpha value is -0.390. The Labute approximate surface area is 114 Å². The van der Waals surface area contributed by atoms with Crippen LogP contribution in [-0.2, 0) is 0 Å². The highest BCUT2D eigenvalue weighted by Crippen LogP contribution is 2.24. The van der Waals surface area contributed by atoms with Crippen LogP contribution in [0.5, 0.6) is 0 Å². The van der Waals surface area contributed by atoms with Crippen molar-refractivity contribution in [2.24, 2.45) is 11.7 Å². The van der Waals surface area contributed by atoms with E-state index in [0.717, 1.165) is 35.3 Å². The predicted molar refractivity (Wildman–Crippen MR) is 74.3 cm³/mol. The SMILES string of the molecule is C[C@@H](N)[C@H]1CCCN(C(=O)c2csc(Br)c2)C1. The molecule has 2 rings (SSSR count). The first-order valence-corrected chi connectivity index (χ1v) is 7.54. The van der Waals surface area contributed by atoms with Gasteiger partial charge in [0.05, 0.1) is 9.35 Å². The van der Waals surface area contributed by atoms with Gasteiger partial charge in [-0.05, 0) is 47.7 Å². The van der Waals surface area contributed by atoms with Gasteiger partial charge in [0.25, 0.3) is 5.91 Å². The van der Waals surface area contributed by atoms with E-state index < -0.39 is 0 Å². The number of rotatable bonds is 2. The van der Waals surface area contributed by atoms with E-state index in [-0.39, 0.29) is 11.9 Å². The number of nitrogens with zero attached hydrogens (tertiary/aromatic N) is 1. The number of hydrogen-bond acceptors (Lipinski definition) is 3. The van der Waals surface area contributed by atoms with Gasteiger partial charge in [-0.3, -0.25) is 4.79 Å². The zero-order chi connectivity index (χ0) is 12.4. The maximum absolute atomic E-state index is 12.3. The number of halogens is 1. The summed E-state index contributed by atoms with van der Waals surface area (Å²) in [6.45, 7) is 3.68. The van der Waals surface area contributed by atoms with Crippen molar-refractivity contribution in [3.63, 3.8) is 0 Å². The first-order valence-electron chi connectivity index (χ1n) is 5.87. The van der Waals surface area contributed by atoms with E-state index >= 15 is 0 Å². The second kappa shape index (κ2) is 5.50. The van der Waals surface area contributed by atoms with Gasteiger partial charge in [-0.2, -0.15) is 0 Å². The highest BCUT2D eigenvalue weighted by molar-refractivity contribution is 9.11. The Morgan fingerprint density at radius 2 is 2.47 bits per heavy atom. The lowest BCUT2D eigenvalue weighted by Crippen LogP contribution is -2.44. The van der Waals surface area contributed by atoms with Crippen LogP contribution >= 0.6 is 27.3 Å². The van der Waals surface area contributed by atoms with Crippen LogP contribution in [0, 0.1) is 5.92 Å². The molecule has 1 amide bonds. The quantitative estimate of drug-likeness (QED) is 0.911. The molecule has 17 heavy (non-hydrogen) atoms. The number of hydrogen-bond donors (Lipinski definition) is 1. The smallest absolute Gasteiger partial charge is 0.254 e. The molecule has 0 spiro atoms. The molecule has 0 aliphatic carbocycles. The molecule has 0 radical (unpaired) electrons. The molecular weight excluding hydrogens is 300 g/mol. The third-order valence-corrected chi connectivity index (χ3v) is 4.81. The molecule has 94 valence electrons. The summed E-state index contributed by atoms with van der Waals surface area (Å²) >= 11 is 4.94. The number of carbonyl (C=O) groups is 1. The summed E-state index contributed by atoms with van der Waals surface area (Å²) in [5.41, 5.74) is 6.71. The van der Waals surface area contributed by atoms with E-state index in [0.29, 0.717) is 5.92 Å². The lowest BCUT2D eigenvalue weighted by Gasteiger charge is -2.34. The van der Waals surface area contributed by atoms with Gasteiger partial charge < -0.3 is 10.6 Å². The molecule has 2 heterocycles. The van der Waals surface area contributed by atoms with E-state index in [1.165, 1.54) is 0 Å². The molecule has 0 aromatic carbocycles. The second-order valence-electron chi connectivity index (χ2n) is 4.65. The molecule has 1 aromatic heterocycles. The van der Waals surface area contributed by atoms with Gasteiger partial charge in [-0.15, -0.1) is 11.3 Å². The molecule has 0 unspecified atom stereocenters. The zero-order valence-electron chi connectivity index (χ0n) is 9.86. The number of piperidine rings is 1. The third kappa shape index (κ3) is 3.09. The molecule has 1 aliphatic rings. The average molecular weight is 317 g/mol. The van der Waals surface area contributed by atoms with Crippen molar-refractivity contribution in [2.45, 2.75) is 25.8 Å². The maximum atomic E-state index is 12.3. The minimum absolute atomic E-state index is 0.136. The van der Waals surface area contributed by atoms with E-state index in [4.69, 9.17) is 5.73 Å². The van der Waals surface area contributed by atoms with Crippen LogP contribution in [0.2, 0.25) is 0 Å². The van der Waals surface area contributed by atoms with E-state index in [2.05, 4.69) is 15.9 Å². The fraction of sp³-hybridized carbons (Fsp3) is 0.583. The van der Waals surface area contributed by atoms with Gasteiger partial charge in [0.15, 0.2) is 0 Å². The zero-order valence-corrected chi connectivity index (χ0v) is 12.3. The third-order valence-electron chi connectivity index (χ3n) is 3.30. The van der Waals surface area contributed by atoms with Crippen molar-refractivity contribution in [2.75, 3.05) is 13.1 Å². The normalized spacial score (nSPS) is 22.5. The Bertz CT molecular complexity index is 405. The van der Waals surface area contributed by atoms with E-state index in [9.17, 15) is 4.79 Å². The van der Waals surface area contributed by atoms with Crippen molar-refractivity contribution in [1.82, 2.24) is 4.90 Å². The van der Waals surface area contributed by atoms with Gasteiger partial charge in [0, 0.05) is 24.5 Å². The van der Waals surface area contributed by atoms with Crippen molar-refractivity contribution in [3.05, 3.63) is 20.8 Å². The molecule has 3 nitrogen and oxygen atoms in total. The van der Waals surface area contributed by atoms with Crippen LogP contribution in [-0.4, -0.2) is 29.9 Å². The minimum atomic E-state index is 0.136. The van der Waals surface area contributed by atoms with Gasteiger partial charge >= 0.3 is 0 Å². The minimum Gasteiger partial charge on any atom is -0.338 e. The van der Waals surface area contributed by atoms with Crippen molar-refractivity contribution in [3.8, 4) is 0 Å². The molecule has 1 aromatic rings. The van der Waals surface area contributed by atoms with E-state index in [1.807, 2.05) is 23.3 Å². The van der Waals surface area contributed by atoms with Crippen molar-refractivity contribution in [1.29, 1.82) is 0 Å². The largest absolute Gasteiger partial charge is 0.338 e. The highest BCUT2D eigenvalue weighted by Gasteiger charge is 2.26. The van der Waals surface area contributed by atoms with Gasteiger partial charge in [-0.25, -0.2) is 0 Å². The summed E-state index contributed by atoms with van der Waals surface area (Å²) < 4.78 is 1.00. The molecule has 0 saturated carbocycles. The Morgan fingerprint density at radius 1 is 1.71 bits per heavy atom. The lowest BCUT2D eigenvalue weighted by atomic mass is 9.92. The highest BCUT2D eigenvalue weighted by atomic mass is 79.9. The van der Waals surface area contributed by atoms with Crippen LogP contribution in [0.15, 0.2) is 15.2 Å². The molecule has 0 bridgehead atoms. The van der Waals surface area contributed by atoms with Crippen LogP contribution in [0.25, 0.3) is 0 Å². The summed E-state index contributed by atoms with van der Waals surface area (Å²) in [7, 11) is 0. The number of amides is 1. The lowest BCUT2D eigenvalue weighted by molar-refractivity contribution is 0.0661. The molecule has 1 fully saturated rings. The van der Waals surface area contributed by atoms with E-state index in [1.54, 1.807) is 11.3 Å². The summed E-state index contributed by atoms with van der Waals surface area (Å²) in [4.78, 5) is 14.2. The number of nitrogens with two attached hydrogens (primary N) is 1. The van der Waals surface area contributed by atoms with Gasteiger partial charge in [0.2, 0.25) is 0 Å². The first-order chi connectivity index (χ1) is 8.08. The van der Waals surface area contributed by atoms with Crippen molar-refractivity contribution < 1.29 is 4.79 Å². The van der Waals surface area contributed by atoms with Gasteiger partial charge in [0.1, 0.15) is 0 Å². The van der Waals surface area contributed by atoms with Crippen LogP contribution in [0.3, 0.4) is 0 Å². The standard InChI is InChI=1S/C12H17BrN2OS/c1-8(14)9-3-2-4-15(6-9)12(16)10-5-11(13)17-7-10/h5,7-9H,2-4,6,14H2,1H3/t8-,9+/m1/s1. The fourth-order valence-corrected chi connectivity index (χ4v) is 3.36. The van der Waals surface area contributed by atoms with Gasteiger partial charge in [-0.1, -0.05) is 0 Å². The molecular formula is C12H17BrN2OS. The number of carbonyl (C=O) groups excluding carboxylic acids is 1. The molecule has 5 heteroatoms. The van der Waals surface area contributed by atoms with Crippen LogP contribution in [0.1, 0.15) is 30.1 Å². The summed E-state index contributed by atoms with van der Waals surface area (Å²) in [5.74, 6) is 0.576. The molecule has 2 atom stereocenters. The Balaban J connectivity index is 2.04. The summed E-state index contributed by atoms with van der Waals surface area (Å²) in [6.07, 6.45) is 2.19. The predicted octanol–water partition coefficient (Wildman–Crippen LogP) is 2.71. The molecule has 2 N–H and O–H groups in total. The summed E-state index contributed by atoms with van der Waals surface area (Å²) in [5, 5.41) is 1.90. The van der Waals surface area contributed by atoms with Crippen LogP contribution < -0.4 is 5.73 Å².